The summed E-state index contributed by atoms with van der Waals surface area (Å²) in [6, 6.07) is 1.91. The summed E-state index contributed by atoms with van der Waals surface area (Å²) in [5, 5.41) is 7.19. The van der Waals surface area contributed by atoms with E-state index in [0.29, 0.717) is 17.8 Å². The molecule has 1 aliphatic heterocycles. The molecule has 0 radical (unpaired) electrons. The van der Waals surface area contributed by atoms with Crippen LogP contribution in [-0.4, -0.2) is 38.8 Å². The van der Waals surface area contributed by atoms with Crippen molar-refractivity contribution >= 4 is 11.6 Å². The molecule has 6 heteroatoms. The minimum Gasteiger partial charge on any atom is -0.375 e. The molecule has 1 amide bonds. The molecular weight excluding hydrogens is 256 g/mol. The first kappa shape index (κ1) is 13.1. The van der Waals surface area contributed by atoms with Crippen LogP contribution in [0.4, 0.5) is 0 Å². The zero-order valence-corrected chi connectivity index (χ0v) is 11.7. The molecule has 3 heterocycles. The number of aromatic nitrogens is 3. The smallest absolute Gasteiger partial charge is 0.256 e. The summed E-state index contributed by atoms with van der Waals surface area (Å²) in [5.41, 5.74) is 0.904. The van der Waals surface area contributed by atoms with E-state index in [2.05, 4.69) is 15.4 Å². The fourth-order valence-corrected chi connectivity index (χ4v) is 2.61. The van der Waals surface area contributed by atoms with Gasteiger partial charge in [-0.15, -0.1) is 0 Å². The first-order valence-electron chi connectivity index (χ1n) is 6.78. The Morgan fingerprint density at radius 2 is 2.40 bits per heavy atom. The van der Waals surface area contributed by atoms with Crippen LogP contribution in [0.1, 0.15) is 37.0 Å². The Morgan fingerprint density at radius 1 is 1.55 bits per heavy atom. The van der Waals surface area contributed by atoms with Crippen LogP contribution in [0.2, 0.25) is 0 Å². The lowest BCUT2D eigenvalue weighted by Crippen LogP contribution is -2.45. The van der Waals surface area contributed by atoms with Gasteiger partial charge in [-0.3, -0.25) is 4.79 Å². The van der Waals surface area contributed by atoms with Gasteiger partial charge in [0.2, 0.25) is 0 Å². The first-order chi connectivity index (χ1) is 9.55. The maximum Gasteiger partial charge on any atom is 0.256 e. The number of carbonyl (C=O) groups is 1. The molecule has 0 spiro atoms. The second-order valence-corrected chi connectivity index (χ2v) is 5.72. The Morgan fingerprint density at radius 3 is 3.20 bits per heavy atom. The summed E-state index contributed by atoms with van der Waals surface area (Å²) in [6.07, 6.45) is 6.64. The van der Waals surface area contributed by atoms with Gasteiger partial charge in [0, 0.05) is 25.0 Å². The van der Waals surface area contributed by atoms with Crippen molar-refractivity contribution in [2.75, 3.05) is 6.61 Å². The summed E-state index contributed by atoms with van der Waals surface area (Å²) in [4.78, 5) is 16.6. The summed E-state index contributed by atoms with van der Waals surface area (Å²) < 4.78 is 7.26. The molecule has 106 valence electrons. The van der Waals surface area contributed by atoms with Gasteiger partial charge in [-0.2, -0.15) is 5.10 Å². The second-order valence-electron chi connectivity index (χ2n) is 5.72. The molecule has 1 aliphatic rings. The predicted molar refractivity (Wildman–Crippen MR) is 73.5 cm³/mol. The number of hydrogen-bond donors (Lipinski definition) is 1. The molecule has 6 nitrogen and oxygen atoms in total. The van der Waals surface area contributed by atoms with E-state index < -0.39 is 0 Å². The van der Waals surface area contributed by atoms with Crippen molar-refractivity contribution in [2.24, 2.45) is 0 Å². The molecule has 1 atom stereocenters. The van der Waals surface area contributed by atoms with E-state index >= 15 is 0 Å². The number of ether oxygens (including phenoxy) is 1. The maximum absolute atomic E-state index is 12.4. The number of nitrogens with zero attached hydrogens (tertiary/aromatic N) is 3. The highest BCUT2D eigenvalue weighted by Crippen LogP contribution is 2.24. The van der Waals surface area contributed by atoms with Crippen LogP contribution < -0.4 is 5.32 Å². The van der Waals surface area contributed by atoms with Gasteiger partial charge < -0.3 is 10.1 Å². The van der Waals surface area contributed by atoms with Crippen LogP contribution >= 0.6 is 0 Å². The molecule has 0 saturated carbocycles. The third-order valence-electron chi connectivity index (χ3n) is 3.56. The Kier molecular flexibility index (Phi) is 3.17. The lowest BCUT2D eigenvalue weighted by atomic mass is 9.94. The van der Waals surface area contributed by atoms with E-state index in [1.54, 1.807) is 29.2 Å². The van der Waals surface area contributed by atoms with E-state index in [1.807, 2.05) is 13.8 Å². The van der Waals surface area contributed by atoms with Crippen molar-refractivity contribution in [3.8, 4) is 0 Å². The van der Waals surface area contributed by atoms with Gasteiger partial charge in [0.25, 0.3) is 5.91 Å². The Hall–Kier alpha value is -1.95. The quantitative estimate of drug-likeness (QED) is 0.899. The van der Waals surface area contributed by atoms with Gasteiger partial charge in [-0.05, 0) is 32.8 Å². The average molecular weight is 274 g/mol. The Bertz CT molecular complexity index is 635. The standard InChI is InChI=1S/C14H18N4O2/c1-14(2)8-10(4-7-20-14)17-13(19)11-9-16-18-6-3-5-15-12(11)18/h3,5-6,9-10H,4,7-8H2,1-2H3,(H,17,19). The van der Waals surface area contributed by atoms with E-state index in [4.69, 9.17) is 4.74 Å². The highest BCUT2D eigenvalue weighted by atomic mass is 16.5. The zero-order valence-electron chi connectivity index (χ0n) is 11.7. The molecule has 1 unspecified atom stereocenters. The Labute approximate surface area is 117 Å². The summed E-state index contributed by atoms with van der Waals surface area (Å²) >= 11 is 0. The van der Waals surface area contributed by atoms with Gasteiger partial charge in [-0.25, -0.2) is 9.50 Å². The summed E-state index contributed by atoms with van der Waals surface area (Å²) in [7, 11) is 0. The van der Waals surface area contributed by atoms with Crippen molar-refractivity contribution in [3.05, 3.63) is 30.2 Å². The SMILES string of the molecule is CC1(C)CC(NC(=O)c2cnn3cccnc23)CCO1. The second kappa shape index (κ2) is 4.86. The van der Waals surface area contributed by atoms with Gasteiger partial charge in [0.05, 0.1) is 11.8 Å². The molecule has 20 heavy (non-hydrogen) atoms. The molecule has 3 rings (SSSR count). The molecular formula is C14H18N4O2. The van der Waals surface area contributed by atoms with Crippen LogP contribution in [0, 0.1) is 0 Å². The van der Waals surface area contributed by atoms with Crippen molar-refractivity contribution < 1.29 is 9.53 Å². The number of fused-ring (bicyclic) bond motifs is 1. The molecule has 0 bridgehead atoms. The zero-order chi connectivity index (χ0) is 14.2. The molecule has 1 saturated heterocycles. The fourth-order valence-electron chi connectivity index (χ4n) is 2.61. The van der Waals surface area contributed by atoms with Crippen LogP contribution in [-0.2, 0) is 4.74 Å². The predicted octanol–water partition coefficient (Wildman–Crippen LogP) is 1.42. The van der Waals surface area contributed by atoms with Crippen LogP contribution in [0.15, 0.2) is 24.7 Å². The third kappa shape index (κ3) is 2.51. The Balaban J connectivity index is 1.76. The molecule has 2 aromatic heterocycles. The van der Waals surface area contributed by atoms with Crippen LogP contribution in [0.5, 0.6) is 0 Å². The van der Waals surface area contributed by atoms with Gasteiger partial charge in [0.15, 0.2) is 5.65 Å². The van der Waals surface area contributed by atoms with E-state index in [9.17, 15) is 4.79 Å². The number of carbonyl (C=O) groups excluding carboxylic acids is 1. The highest BCUT2D eigenvalue weighted by Gasteiger charge is 2.30. The lowest BCUT2D eigenvalue weighted by molar-refractivity contribution is -0.0615. The molecule has 2 aromatic rings. The number of nitrogens with one attached hydrogen (secondary N) is 1. The van der Waals surface area contributed by atoms with Crippen molar-refractivity contribution in [1.82, 2.24) is 19.9 Å². The highest BCUT2D eigenvalue weighted by molar-refractivity contribution is 5.99. The minimum atomic E-state index is -0.185. The van der Waals surface area contributed by atoms with E-state index in [-0.39, 0.29) is 17.6 Å². The topological polar surface area (TPSA) is 68.5 Å². The van der Waals surface area contributed by atoms with E-state index in [1.165, 1.54) is 0 Å². The average Bonchev–Trinajstić information content (AvgIpc) is 2.81. The van der Waals surface area contributed by atoms with Gasteiger partial charge >= 0.3 is 0 Å². The third-order valence-corrected chi connectivity index (χ3v) is 3.56. The van der Waals surface area contributed by atoms with Crippen molar-refractivity contribution in [3.63, 3.8) is 0 Å². The van der Waals surface area contributed by atoms with Gasteiger partial charge in [0.1, 0.15) is 5.56 Å². The van der Waals surface area contributed by atoms with Crippen LogP contribution in [0.25, 0.3) is 5.65 Å². The van der Waals surface area contributed by atoms with Crippen molar-refractivity contribution in [2.45, 2.75) is 38.3 Å². The molecule has 1 fully saturated rings. The molecule has 0 aliphatic carbocycles. The summed E-state index contributed by atoms with van der Waals surface area (Å²) in [6.45, 7) is 4.76. The van der Waals surface area contributed by atoms with Crippen LogP contribution in [0.3, 0.4) is 0 Å². The molecule has 1 N–H and O–H groups in total. The monoisotopic (exact) mass is 274 g/mol. The molecule has 0 aromatic carbocycles. The number of amides is 1. The normalized spacial score (nSPS) is 21.8. The summed E-state index contributed by atoms with van der Waals surface area (Å²) in [5.74, 6) is -0.124. The number of hydrogen-bond acceptors (Lipinski definition) is 4. The first-order valence-corrected chi connectivity index (χ1v) is 6.78. The largest absolute Gasteiger partial charge is 0.375 e. The lowest BCUT2D eigenvalue weighted by Gasteiger charge is -2.35. The minimum absolute atomic E-state index is 0.124. The number of rotatable bonds is 2. The van der Waals surface area contributed by atoms with Gasteiger partial charge in [-0.1, -0.05) is 0 Å². The van der Waals surface area contributed by atoms with E-state index in [0.717, 1.165) is 12.8 Å². The van der Waals surface area contributed by atoms with Crippen molar-refractivity contribution in [1.29, 1.82) is 0 Å². The fraction of sp³-hybridized carbons (Fsp3) is 0.500. The maximum atomic E-state index is 12.4.